The maximum Gasteiger partial charge on any atom is 0.354 e. The molecule has 0 aliphatic heterocycles. The minimum Gasteiger partial charge on any atom is -0.477 e. The number of rotatable bonds is 7. The van der Waals surface area contributed by atoms with Crippen LogP contribution in [0.15, 0.2) is 48.7 Å². The fraction of sp³-hybridized carbons (Fsp3) is 0.150. The van der Waals surface area contributed by atoms with Crippen molar-refractivity contribution in [2.45, 2.75) is 20.4 Å². The van der Waals surface area contributed by atoms with Crippen LogP contribution in [0.2, 0.25) is 0 Å². The summed E-state index contributed by atoms with van der Waals surface area (Å²) < 4.78 is 6.77. The average Bonchev–Trinajstić information content (AvgIpc) is 3.08. The van der Waals surface area contributed by atoms with Crippen molar-refractivity contribution in [3.05, 3.63) is 75.6 Å². The number of carbonyl (C=O) groups is 2. The summed E-state index contributed by atoms with van der Waals surface area (Å²) in [6.45, 7) is 3.43. The topological polar surface area (TPSA) is 137 Å². The first-order valence-electron chi connectivity index (χ1n) is 8.82. The SMILES string of the molecule is Cc1cc(C)cc(Oc2cc(NC(=O)Cn3nccc3C(=O)O)cc([N+](=O)[O-])c2)c1. The summed E-state index contributed by atoms with van der Waals surface area (Å²) in [6.07, 6.45) is 1.26. The Morgan fingerprint density at radius 1 is 1.13 bits per heavy atom. The van der Waals surface area contributed by atoms with Crippen LogP contribution in [0.4, 0.5) is 11.4 Å². The maximum atomic E-state index is 12.3. The highest BCUT2D eigenvalue weighted by molar-refractivity contribution is 5.92. The molecule has 154 valence electrons. The molecule has 30 heavy (non-hydrogen) atoms. The molecule has 0 unspecified atom stereocenters. The van der Waals surface area contributed by atoms with Gasteiger partial charge in [0, 0.05) is 18.3 Å². The van der Waals surface area contributed by atoms with Crippen molar-refractivity contribution < 1.29 is 24.4 Å². The van der Waals surface area contributed by atoms with Gasteiger partial charge >= 0.3 is 5.97 Å². The number of nitrogens with one attached hydrogen (secondary N) is 1. The quantitative estimate of drug-likeness (QED) is 0.449. The van der Waals surface area contributed by atoms with Gasteiger partial charge in [0.1, 0.15) is 23.7 Å². The number of aromatic carboxylic acids is 1. The van der Waals surface area contributed by atoms with Crippen LogP contribution >= 0.6 is 0 Å². The van der Waals surface area contributed by atoms with Gasteiger partial charge in [-0.25, -0.2) is 9.48 Å². The summed E-state index contributed by atoms with van der Waals surface area (Å²) in [6, 6.07) is 10.7. The van der Waals surface area contributed by atoms with Crippen molar-refractivity contribution in [2.75, 3.05) is 5.32 Å². The van der Waals surface area contributed by atoms with E-state index in [0.29, 0.717) is 5.75 Å². The van der Waals surface area contributed by atoms with Gasteiger partial charge in [-0.15, -0.1) is 0 Å². The van der Waals surface area contributed by atoms with Crippen LogP contribution in [-0.2, 0) is 11.3 Å². The molecule has 10 nitrogen and oxygen atoms in total. The number of hydrogen-bond donors (Lipinski definition) is 2. The number of non-ortho nitro benzene ring substituents is 1. The second-order valence-electron chi connectivity index (χ2n) is 6.63. The minimum absolute atomic E-state index is 0.137. The molecule has 0 bridgehead atoms. The fourth-order valence-corrected chi connectivity index (χ4v) is 2.92. The Kier molecular flexibility index (Phi) is 5.77. The Bertz CT molecular complexity index is 1120. The Balaban J connectivity index is 1.83. The molecule has 0 saturated heterocycles. The molecular weight excluding hydrogens is 392 g/mol. The zero-order chi connectivity index (χ0) is 21.8. The van der Waals surface area contributed by atoms with Crippen molar-refractivity contribution in [2.24, 2.45) is 0 Å². The summed E-state index contributed by atoms with van der Waals surface area (Å²) in [5, 5.41) is 26.7. The molecule has 0 spiro atoms. The first-order chi connectivity index (χ1) is 14.2. The molecule has 2 aromatic carbocycles. The largest absolute Gasteiger partial charge is 0.477 e. The van der Waals surface area contributed by atoms with Gasteiger partial charge in [-0.1, -0.05) is 6.07 Å². The van der Waals surface area contributed by atoms with E-state index in [9.17, 15) is 19.7 Å². The Hall–Kier alpha value is -4.21. The van der Waals surface area contributed by atoms with E-state index in [2.05, 4.69) is 10.4 Å². The highest BCUT2D eigenvalue weighted by Gasteiger charge is 2.16. The number of amides is 1. The fourth-order valence-electron chi connectivity index (χ4n) is 2.92. The number of carboxylic acids is 1. The first kappa shape index (κ1) is 20.5. The summed E-state index contributed by atoms with van der Waals surface area (Å²) in [4.78, 5) is 34.1. The molecule has 1 heterocycles. The predicted molar refractivity (Wildman–Crippen MR) is 107 cm³/mol. The van der Waals surface area contributed by atoms with E-state index in [1.807, 2.05) is 19.9 Å². The van der Waals surface area contributed by atoms with Crippen LogP contribution < -0.4 is 10.1 Å². The van der Waals surface area contributed by atoms with Crippen LogP contribution in [0.1, 0.15) is 21.6 Å². The van der Waals surface area contributed by atoms with E-state index in [-0.39, 0.29) is 29.4 Å². The highest BCUT2D eigenvalue weighted by Crippen LogP contribution is 2.30. The molecular formula is C20H18N4O6. The third-order valence-corrected chi connectivity index (χ3v) is 4.05. The lowest BCUT2D eigenvalue weighted by molar-refractivity contribution is -0.384. The third-order valence-electron chi connectivity index (χ3n) is 4.05. The number of carbonyl (C=O) groups excluding carboxylic acids is 1. The van der Waals surface area contributed by atoms with E-state index >= 15 is 0 Å². The summed E-state index contributed by atoms with van der Waals surface area (Å²) >= 11 is 0. The number of nitrogens with zero attached hydrogens (tertiary/aromatic N) is 3. The number of anilines is 1. The number of nitro groups is 1. The number of benzene rings is 2. The molecule has 2 N–H and O–H groups in total. The summed E-state index contributed by atoms with van der Waals surface area (Å²) in [7, 11) is 0. The van der Waals surface area contributed by atoms with E-state index in [4.69, 9.17) is 9.84 Å². The van der Waals surface area contributed by atoms with Crippen LogP contribution in [0.3, 0.4) is 0 Å². The molecule has 3 rings (SSSR count). The van der Waals surface area contributed by atoms with Crippen molar-refractivity contribution in [3.63, 3.8) is 0 Å². The van der Waals surface area contributed by atoms with Gasteiger partial charge in [0.25, 0.3) is 5.69 Å². The van der Waals surface area contributed by atoms with Gasteiger partial charge in [-0.2, -0.15) is 5.10 Å². The molecule has 1 amide bonds. The van der Waals surface area contributed by atoms with Gasteiger partial charge in [-0.05, 0) is 43.2 Å². The van der Waals surface area contributed by atoms with Gasteiger partial charge in [0.15, 0.2) is 0 Å². The molecule has 0 aliphatic rings. The second kappa shape index (κ2) is 8.43. The molecule has 0 fully saturated rings. The van der Waals surface area contributed by atoms with Gasteiger partial charge in [0.2, 0.25) is 5.91 Å². The lowest BCUT2D eigenvalue weighted by Gasteiger charge is -2.11. The predicted octanol–water partition coefficient (Wildman–Crippen LogP) is 3.54. The van der Waals surface area contributed by atoms with Crippen molar-refractivity contribution in [1.82, 2.24) is 9.78 Å². The number of nitro benzene ring substituents is 1. The van der Waals surface area contributed by atoms with Crippen molar-refractivity contribution in [1.29, 1.82) is 0 Å². The van der Waals surface area contributed by atoms with E-state index in [1.165, 1.54) is 30.5 Å². The Morgan fingerprint density at radius 2 is 1.80 bits per heavy atom. The number of aromatic nitrogens is 2. The van der Waals surface area contributed by atoms with Crippen LogP contribution in [0, 0.1) is 24.0 Å². The molecule has 1 aromatic heterocycles. The van der Waals surface area contributed by atoms with E-state index in [1.54, 1.807) is 12.1 Å². The minimum atomic E-state index is -1.22. The van der Waals surface area contributed by atoms with Gasteiger partial charge in [0.05, 0.1) is 16.7 Å². The number of carboxylic acid groups (broad SMARTS) is 1. The number of aryl methyl sites for hydroxylation is 2. The molecule has 0 aliphatic carbocycles. The number of ether oxygens (including phenoxy) is 1. The van der Waals surface area contributed by atoms with E-state index < -0.39 is 16.8 Å². The first-order valence-corrected chi connectivity index (χ1v) is 8.82. The zero-order valence-corrected chi connectivity index (χ0v) is 16.2. The lowest BCUT2D eigenvalue weighted by atomic mass is 10.1. The molecule has 0 atom stereocenters. The molecule has 10 heteroatoms. The lowest BCUT2D eigenvalue weighted by Crippen LogP contribution is -2.22. The van der Waals surface area contributed by atoms with Gasteiger partial charge < -0.3 is 15.2 Å². The summed E-state index contributed by atoms with van der Waals surface area (Å²) in [5.41, 5.74) is 1.66. The monoisotopic (exact) mass is 410 g/mol. The van der Waals surface area contributed by atoms with Crippen molar-refractivity contribution in [3.8, 4) is 11.5 Å². The Labute approximate surface area is 170 Å². The molecule has 0 radical (unpaired) electrons. The maximum absolute atomic E-state index is 12.3. The highest BCUT2D eigenvalue weighted by atomic mass is 16.6. The normalized spacial score (nSPS) is 10.5. The zero-order valence-electron chi connectivity index (χ0n) is 16.2. The number of hydrogen-bond acceptors (Lipinski definition) is 6. The molecule has 0 saturated carbocycles. The van der Waals surface area contributed by atoms with Crippen LogP contribution in [0.25, 0.3) is 0 Å². The standard InChI is InChI=1S/C20H18N4O6/c1-12-5-13(2)7-16(6-12)30-17-9-14(8-15(10-17)24(28)29)22-19(25)11-23-18(20(26)27)3-4-21-23/h3-10H,11H2,1-2H3,(H,22,25)(H,26,27). The van der Waals surface area contributed by atoms with Crippen LogP contribution in [-0.4, -0.2) is 31.7 Å². The van der Waals surface area contributed by atoms with Crippen LogP contribution in [0.5, 0.6) is 11.5 Å². The second-order valence-corrected chi connectivity index (χ2v) is 6.63. The third kappa shape index (κ3) is 4.98. The Morgan fingerprint density at radius 3 is 2.43 bits per heavy atom. The average molecular weight is 410 g/mol. The summed E-state index contributed by atoms with van der Waals surface area (Å²) in [5.74, 6) is -1.14. The smallest absolute Gasteiger partial charge is 0.354 e. The van der Waals surface area contributed by atoms with Crippen molar-refractivity contribution >= 4 is 23.3 Å². The van der Waals surface area contributed by atoms with E-state index in [0.717, 1.165) is 15.8 Å². The molecule has 3 aromatic rings. The van der Waals surface area contributed by atoms with Gasteiger partial charge in [-0.3, -0.25) is 14.9 Å².